The molecule has 9 heteroatoms. The van der Waals surface area contributed by atoms with Crippen molar-refractivity contribution in [2.45, 2.75) is 26.2 Å². The van der Waals surface area contributed by atoms with Gasteiger partial charge in [-0.1, -0.05) is 12.1 Å². The zero-order valence-corrected chi connectivity index (χ0v) is 19.5. The van der Waals surface area contributed by atoms with E-state index in [1.54, 1.807) is 83.0 Å². The lowest BCUT2D eigenvalue weighted by Crippen LogP contribution is -2.27. The Balaban J connectivity index is 1.83. The molecule has 2 aromatic heterocycles. The molecular formula is C25H27N7O2. The number of methoxy groups -OCH3 is 1. The van der Waals surface area contributed by atoms with Gasteiger partial charge in [-0.3, -0.25) is 19.8 Å². The minimum absolute atomic E-state index is 0.326. The van der Waals surface area contributed by atoms with Crippen LogP contribution < -0.4 is 26.6 Å². The summed E-state index contributed by atoms with van der Waals surface area (Å²) in [6.07, 6.45) is 6.27. The molecular weight excluding hydrogens is 430 g/mol. The van der Waals surface area contributed by atoms with Crippen LogP contribution in [0.3, 0.4) is 0 Å². The van der Waals surface area contributed by atoms with Crippen molar-refractivity contribution in [2.24, 2.45) is 11.6 Å². The summed E-state index contributed by atoms with van der Waals surface area (Å²) in [6, 6.07) is 12.7. The number of amides is 1. The third-order valence-electron chi connectivity index (χ3n) is 5.28. The van der Waals surface area contributed by atoms with E-state index in [-0.39, 0.29) is 5.91 Å². The van der Waals surface area contributed by atoms with Crippen LogP contribution in [-0.2, 0) is 5.41 Å². The van der Waals surface area contributed by atoms with Crippen LogP contribution in [0.5, 0.6) is 5.75 Å². The highest BCUT2D eigenvalue weighted by Crippen LogP contribution is 2.25. The van der Waals surface area contributed by atoms with Gasteiger partial charge >= 0.3 is 0 Å². The first-order valence-electron chi connectivity index (χ1n) is 10.4. The Morgan fingerprint density at radius 1 is 1.21 bits per heavy atom. The molecule has 9 nitrogen and oxygen atoms in total. The molecule has 0 atom stereocenters. The van der Waals surface area contributed by atoms with Crippen LogP contribution in [0.25, 0.3) is 5.70 Å². The summed E-state index contributed by atoms with van der Waals surface area (Å²) in [5.74, 6) is 6.49. The summed E-state index contributed by atoms with van der Waals surface area (Å²) < 4.78 is 5.18. The zero-order chi connectivity index (χ0) is 24.9. The minimum Gasteiger partial charge on any atom is -0.495 e. The van der Waals surface area contributed by atoms with Crippen molar-refractivity contribution in [2.75, 3.05) is 17.4 Å². The summed E-state index contributed by atoms with van der Waals surface area (Å²) >= 11 is 0. The molecule has 5 N–H and O–H groups in total. The standard InChI is InChI=1S/C25H27N7O2/c1-16-23(32(28)14-22(27)18-9-21(34-4)13-29-11-18)10-20(12-30-16)31-24(33)17-6-5-7-19(8-17)25(2,3)15-26/h5-14H,27-28H2,1-4H3,(H,31,33)/b22-14-. The molecule has 2 heterocycles. The van der Waals surface area contributed by atoms with Crippen LogP contribution in [0.2, 0.25) is 0 Å². The predicted molar refractivity (Wildman–Crippen MR) is 132 cm³/mol. The number of ether oxygens (including phenoxy) is 1. The first-order valence-corrected chi connectivity index (χ1v) is 10.4. The lowest BCUT2D eigenvalue weighted by atomic mass is 9.85. The monoisotopic (exact) mass is 457 g/mol. The summed E-state index contributed by atoms with van der Waals surface area (Å²) in [6.45, 7) is 5.40. The number of carbonyl (C=O) groups excluding carboxylic acids is 1. The average molecular weight is 458 g/mol. The van der Waals surface area contributed by atoms with Crippen molar-refractivity contribution >= 4 is 23.0 Å². The quantitative estimate of drug-likeness (QED) is 0.361. The Labute approximate surface area is 198 Å². The van der Waals surface area contributed by atoms with Crippen LogP contribution in [0.4, 0.5) is 11.4 Å². The van der Waals surface area contributed by atoms with E-state index in [0.717, 1.165) is 5.56 Å². The van der Waals surface area contributed by atoms with E-state index in [0.29, 0.717) is 39.6 Å². The van der Waals surface area contributed by atoms with Crippen LogP contribution in [0.15, 0.2) is 61.2 Å². The van der Waals surface area contributed by atoms with Crippen LogP contribution in [0.1, 0.15) is 41.0 Å². The van der Waals surface area contributed by atoms with Gasteiger partial charge in [0, 0.05) is 23.5 Å². The Morgan fingerprint density at radius 2 is 1.97 bits per heavy atom. The van der Waals surface area contributed by atoms with Crippen molar-refractivity contribution in [1.29, 1.82) is 5.26 Å². The van der Waals surface area contributed by atoms with Crippen LogP contribution in [-0.4, -0.2) is 23.0 Å². The predicted octanol–water partition coefficient (Wildman–Crippen LogP) is 3.48. The fourth-order valence-corrected chi connectivity index (χ4v) is 3.15. The van der Waals surface area contributed by atoms with E-state index in [1.807, 2.05) is 6.07 Å². The number of hydrogen-bond donors (Lipinski definition) is 3. The van der Waals surface area contributed by atoms with E-state index >= 15 is 0 Å². The number of nitrogens with zero attached hydrogens (tertiary/aromatic N) is 4. The van der Waals surface area contributed by atoms with E-state index in [1.165, 1.54) is 5.01 Å². The molecule has 174 valence electrons. The normalized spacial score (nSPS) is 11.5. The molecule has 0 saturated heterocycles. The van der Waals surface area contributed by atoms with Gasteiger partial charge in [0.15, 0.2) is 0 Å². The molecule has 0 bridgehead atoms. The highest BCUT2D eigenvalue weighted by molar-refractivity contribution is 6.04. The number of hydrogen-bond acceptors (Lipinski definition) is 8. The number of nitriles is 1. The van der Waals surface area contributed by atoms with E-state index in [9.17, 15) is 10.1 Å². The second-order valence-electron chi connectivity index (χ2n) is 8.21. The molecule has 0 unspecified atom stereocenters. The number of rotatable bonds is 7. The van der Waals surface area contributed by atoms with Crippen molar-refractivity contribution in [1.82, 2.24) is 9.97 Å². The highest BCUT2D eigenvalue weighted by atomic mass is 16.5. The number of hydrazine groups is 1. The third-order valence-corrected chi connectivity index (χ3v) is 5.28. The topological polar surface area (TPSA) is 143 Å². The molecule has 0 radical (unpaired) electrons. The molecule has 3 rings (SSSR count). The van der Waals surface area contributed by atoms with Crippen molar-refractivity contribution in [3.05, 3.63) is 83.6 Å². The molecule has 0 fully saturated rings. The van der Waals surface area contributed by atoms with E-state index < -0.39 is 5.41 Å². The number of carbonyl (C=O) groups is 1. The molecule has 1 amide bonds. The van der Waals surface area contributed by atoms with Gasteiger partial charge in [-0.2, -0.15) is 5.26 Å². The number of pyridine rings is 2. The Hall–Kier alpha value is -4.42. The van der Waals surface area contributed by atoms with Gasteiger partial charge in [-0.15, -0.1) is 0 Å². The fourth-order valence-electron chi connectivity index (χ4n) is 3.15. The molecule has 0 spiro atoms. The third kappa shape index (κ3) is 5.49. The lowest BCUT2D eigenvalue weighted by molar-refractivity contribution is 0.102. The van der Waals surface area contributed by atoms with Crippen LogP contribution in [0, 0.1) is 18.3 Å². The second-order valence-corrected chi connectivity index (χ2v) is 8.21. The van der Waals surface area contributed by atoms with Gasteiger partial charge < -0.3 is 15.8 Å². The average Bonchev–Trinajstić information content (AvgIpc) is 2.85. The summed E-state index contributed by atoms with van der Waals surface area (Å²) in [5.41, 5.74) is 9.35. The summed E-state index contributed by atoms with van der Waals surface area (Å²) in [4.78, 5) is 21.3. The molecule has 3 aromatic rings. The van der Waals surface area contributed by atoms with Crippen LogP contribution >= 0.6 is 0 Å². The molecule has 0 aliphatic heterocycles. The first kappa shape index (κ1) is 24.2. The number of nitrogens with two attached hydrogens (primary N) is 2. The molecule has 0 aliphatic rings. The first-order chi connectivity index (χ1) is 16.1. The maximum Gasteiger partial charge on any atom is 0.255 e. The molecule has 1 aromatic carbocycles. The van der Waals surface area contributed by atoms with Gasteiger partial charge in [0.05, 0.1) is 53.8 Å². The summed E-state index contributed by atoms with van der Waals surface area (Å²) in [5, 5.41) is 13.6. The van der Waals surface area contributed by atoms with E-state index in [2.05, 4.69) is 21.4 Å². The van der Waals surface area contributed by atoms with Gasteiger partial charge in [-0.25, -0.2) is 5.84 Å². The molecule has 0 aliphatic carbocycles. The van der Waals surface area contributed by atoms with Gasteiger partial charge in [0.25, 0.3) is 5.91 Å². The largest absolute Gasteiger partial charge is 0.495 e. The second kappa shape index (κ2) is 10.0. The smallest absolute Gasteiger partial charge is 0.255 e. The molecule has 34 heavy (non-hydrogen) atoms. The van der Waals surface area contributed by atoms with Crippen molar-refractivity contribution < 1.29 is 9.53 Å². The van der Waals surface area contributed by atoms with Gasteiger partial charge in [-0.05, 0) is 50.6 Å². The number of anilines is 2. The summed E-state index contributed by atoms with van der Waals surface area (Å²) in [7, 11) is 1.55. The minimum atomic E-state index is -0.709. The van der Waals surface area contributed by atoms with Gasteiger partial charge in [0.1, 0.15) is 5.75 Å². The fraction of sp³-hybridized carbons (Fsp3) is 0.200. The lowest BCUT2D eigenvalue weighted by Gasteiger charge is -2.19. The van der Waals surface area contributed by atoms with E-state index in [4.69, 9.17) is 16.3 Å². The Bertz CT molecular complexity index is 1280. The maximum atomic E-state index is 12.9. The highest BCUT2D eigenvalue weighted by Gasteiger charge is 2.21. The molecule has 0 saturated carbocycles. The van der Waals surface area contributed by atoms with Crippen molar-refractivity contribution in [3.63, 3.8) is 0 Å². The van der Waals surface area contributed by atoms with Crippen molar-refractivity contribution in [3.8, 4) is 11.8 Å². The zero-order valence-electron chi connectivity index (χ0n) is 19.5. The SMILES string of the molecule is COc1cncc(/C(N)=C/N(N)c2cc(NC(=O)c3cccc(C(C)(C)C#N)c3)cnc2C)c1. The number of nitrogens with one attached hydrogen (secondary N) is 1. The van der Waals surface area contributed by atoms with Gasteiger partial charge in [0.2, 0.25) is 0 Å². The number of aromatic nitrogens is 2. The Morgan fingerprint density at radius 3 is 2.68 bits per heavy atom. The maximum absolute atomic E-state index is 12.9. The number of aryl methyl sites for hydroxylation is 1. The number of benzene rings is 1. The Kier molecular flexibility index (Phi) is 7.14.